The van der Waals surface area contributed by atoms with Gasteiger partial charge in [0.15, 0.2) is 0 Å². The number of rotatable bonds is 4. The molecule has 17 heavy (non-hydrogen) atoms. The van der Waals surface area contributed by atoms with E-state index in [1.165, 1.54) is 0 Å². The Morgan fingerprint density at radius 3 is 2.59 bits per heavy atom. The van der Waals surface area contributed by atoms with Gasteiger partial charge in [0.05, 0.1) is 7.11 Å². The lowest BCUT2D eigenvalue weighted by atomic mass is 10.0. The summed E-state index contributed by atoms with van der Waals surface area (Å²) in [6.07, 6.45) is 3.87. The largest absolute Gasteiger partial charge is 0.496 e. The minimum absolute atomic E-state index is 0.840. The summed E-state index contributed by atoms with van der Waals surface area (Å²) in [6.45, 7) is 7.77. The molecule has 0 aromatic heterocycles. The highest BCUT2D eigenvalue weighted by atomic mass is 16.5. The molecule has 0 atom stereocenters. The molecule has 0 fully saturated rings. The second-order valence-corrected chi connectivity index (χ2v) is 3.67. The third-order valence-corrected chi connectivity index (χ3v) is 2.79. The molecule has 0 unspecified atom stereocenters. The summed E-state index contributed by atoms with van der Waals surface area (Å²) in [6, 6.07) is 6.11. The molecule has 1 aromatic rings. The number of benzene rings is 1. The zero-order valence-corrected chi connectivity index (χ0v) is 10.9. The number of methoxy groups -OCH3 is 1. The molecule has 0 heterocycles. The van der Waals surface area contributed by atoms with Crippen molar-refractivity contribution in [2.75, 3.05) is 14.2 Å². The number of nitrogens with zero attached hydrogens (tertiary/aromatic N) is 1. The number of allylic oxidation sites excluding steroid dienone is 3. The van der Waals surface area contributed by atoms with Gasteiger partial charge >= 0.3 is 0 Å². The van der Waals surface area contributed by atoms with Gasteiger partial charge in [0.2, 0.25) is 0 Å². The Morgan fingerprint density at radius 2 is 2.12 bits per heavy atom. The smallest absolute Gasteiger partial charge is 0.128 e. The third kappa shape index (κ3) is 2.84. The minimum atomic E-state index is 0.840. The summed E-state index contributed by atoms with van der Waals surface area (Å²) >= 11 is 0. The van der Waals surface area contributed by atoms with Crippen LogP contribution in [0.15, 0.2) is 41.9 Å². The van der Waals surface area contributed by atoms with Crippen LogP contribution < -0.4 is 4.74 Å². The summed E-state index contributed by atoms with van der Waals surface area (Å²) in [4.78, 5) is 4.18. The number of hydrogen-bond acceptors (Lipinski definition) is 2. The Hall–Kier alpha value is -1.83. The van der Waals surface area contributed by atoms with Crippen LogP contribution in [0.1, 0.15) is 25.0 Å². The van der Waals surface area contributed by atoms with Gasteiger partial charge in [0.1, 0.15) is 5.75 Å². The molecule has 1 aromatic carbocycles. The molecule has 0 radical (unpaired) electrons. The zero-order valence-electron chi connectivity index (χ0n) is 10.9. The molecule has 0 saturated heterocycles. The van der Waals surface area contributed by atoms with Gasteiger partial charge < -0.3 is 4.74 Å². The first kappa shape index (κ1) is 13.2. The monoisotopic (exact) mass is 229 g/mol. The maximum Gasteiger partial charge on any atom is 0.128 e. The van der Waals surface area contributed by atoms with Crippen molar-refractivity contribution in [1.82, 2.24) is 0 Å². The van der Waals surface area contributed by atoms with Crippen molar-refractivity contribution in [3.63, 3.8) is 0 Å². The average Bonchev–Trinajstić information content (AvgIpc) is 2.39. The van der Waals surface area contributed by atoms with Crippen LogP contribution in [-0.4, -0.2) is 19.9 Å². The van der Waals surface area contributed by atoms with Crippen molar-refractivity contribution in [3.05, 3.63) is 48.1 Å². The molecule has 0 N–H and O–H groups in total. The molecule has 0 bridgehead atoms. The molecule has 0 aliphatic heterocycles. The Labute approximate surface area is 103 Å². The Balaban J connectivity index is 3.31. The van der Waals surface area contributed by atoms with Crippen molar-refractivity contribution in [1.29, 1.82) is 0 Å². The van der Waals surface area contributed by atoms with Gasteiger partial charge in [0, 0.05) is 18.3 Å². The van der Waals surface area contributed by atoms with Crippen LogP contribution in [0.5, 0.6) is 5.75 Å². The molecule has 2 heteroatoms. The number of ether oxygens (including phenoxy) is 1. The minimum Gasteiger partial charge on any atom is -0.496 e. The van der Waals surface area contributed by atoms with Crippen molar-refractivity contribution in [2.24, 2.45) is 4.99 Å². The number of hydrogen-bond donors (Lipinski definition) is 0. The lowest BCUT2D eigenvalue weighted by Crippen LogP contribution is -1.99. The molecule has 1 rings (SSSR count). The second-order valence-electron chi connectivity index (χ2n) is 3.67. The number of aliphatic imine (C=N–C) groups is 1. The summed E-state index contributed by atoms with van der Waals surface area (Å²) < 4.78 is 5.41. The Morgan fingerprint density at radius 1 is 1.41 bits per heavy atom. The summed E-state index contributed by atoms with van der Waals surface area (Å²) in [5.41, 5.74) is 4.19. The van der Waals surface area contributed by atoms with E-state index in [2.05, 4.69) is 17.6 Å². The van der Waals surface area contributed by atoms with Crippen LogP contribution in [0.2, 0.25) is 0 Å². The zero-order chi connectivity index (χ0) is 12.8. The van der Waals surface area contributed by atoms with E-state index < -0.39 is 0 Å². The fraction of sp³-hybridized carbons (Fsp3) is 0.267. The second kappa shape index (κ2) is 6.04. The van der Waals surface area contributed by atoms with Crippen LogP contribution in [0.25, 0.3) is 5.57 Å². The summed E-state index contributed by atoms with van der Waals surface area (Å²) in [5.74, 6) is 0.840. The lowest BCUT2D eigenvalue weighted by molar-refractivity contribution is 0.414. The highest BCUT2D eigenvalue weighted by molar-refractivity contribution is 6.01. The standard InChI is InChI=1S/C15H19NO/c1-6-12(7-2)13-8-9-14(11(3)16-4)15(10-13)17-5/h6-10H,1H2,2-5H3/b12-7+,16-11?. The highest BCUT2D eigenvalue weighted by Crippen LogP contribution is 2.25. The van der Waals surface area contributed by atoms with Gasteiger partial charge in [-0.3, -0.25) is 4.99 Å². The van der Waals surface area contributed by atoms with E-state index in [4.69, 9.17) is 4.74 Å². The molecule has 0 aliphatic carbocycles. The first-order chi connectivity index (χ1) is 8.17. The highest BCUT2D eigenvalue weighted by Gasteiger charge is 2.07. The maximum atomic E-state index is 5.41. The van der Waals surface area contributed by atoms with Gasteiger partial charge in [-0.2, -0.15) is 0 Å². The van der Waals surface area contributed by atoms with Crippen LogP contribution in [0.3, 0.4) is 0 Å². The maximum absolute atomic E-state index is 5.41. The van der Waals surface area contributed by atoms with E-state index >= 15 is 0 Å². The average molecular weight is 229 g/mol. The van der Waals surface area contributed by atoms with E-state index in [-0.39, 0.29) is 0 Å². The topological polar surface area (TPSA) is 21.6 Å². The van der Waals surface area contributed by atoms with Gasteiger partial charge in [-0.15, -0.1) is 0 Å². The molecule has 0 amide bonds. The fourth-order valence-corrected chi connectivity index (χ4v) is 1.69. The predicted molar refractivity (Wildman–Crippen MR) is 75.0 cm³/mol. The van der Waals surface area contributed by atoms with E-state index in [0.717, 1.165) is 28.2 Å². The molecule has 0 saturated carbocycles. The quantitative estimate of drug-likeness (QED) is 0.569. The molecule has 2 nitrogen and oxygen atoms in total. The summed E-state index contributed by atoms with van der Waals surface area (Å²) in [5, 5.41) is 0. The fourth-order valence-electron chi connectivity index (χ4n) is 1.69. The Bertz CT molecular complexity index is 470. The Kier molecular flexibility index (Phi) is 4.70. The predicted octanol–water partition coefficient (Wildman–Crippen LogP) is 3.72. The van der Waals surface area contributed by atoms with Gasteiger partial charge in [-0.1, -0.05) is 24.8 Å². The van der Waals surface area contributed by atoms with E-state index in [1.807, 2.05) is 38.1 Å². The van der Waals surface area contributed by atoms with Crippen molar-refractivity contribution < 1.29 is 4.74 Å². The van der Waals surface area contributed by atoms with Crippen LogP contribution in [-0.2, 0) is 0 Å². The lowest BCUT2D eigenvalue weighted by Gasteiger charge is -2.10. The normalized spacial score (nSPS) is 12.5. The molecular weight excluding hydrogens is 210 g/mol. The molecule has 90 valence electrons. The first-order valence-electron chi connectivity index (χ1n) is 5.58. The molecule has 0 aliphatic rings. The van der Waals surface area contributed by atoms with Gasteiger partial charge in [-0.25, -0.2) is 0 Å². The molecular formula is C15H19NO. The van der Waals surface area contributed by atoms with E-state index in [1.54, 1.807) is 14.2 Å². The van der Waals surface area contributed by atoms with Crippen LogP contribution in [0.4, 0.5) is 0 Å². The van der Waals surface area contributed by atoms with Gasteiger partial charge in [0.25, 0.3) is 0 Å². The third-order valence-electron chi connectivity index (χ3n) is 2.79. The van der Waals surface area contributed by atoms with Crippen LogP contribution in [0, 0.1) is 0 Å². The summed E-state index contributed by atoms with van der Waals surface area (Å²) in [7, 11) is 3.46. The van der Waals surface area contributed by atoms with Crippen LogP contribution >= 0.6 is 0 Å². The van der Waals surface area contributed by atoms with E-state index in [9.17, 15) is 0 Å². The van der Waals surface area contributed by atoms with Gasteiger partial charge in [-0.05, 0) is 37.1 Å². The first-order valence-corrected chi connectivity index (χ1v) is 5.58. The van der Waals surface area contributed by atoms with Crippen molar-refractivity contribution >= 4 is 11.3 Å². The van der Waals surface area contributed by atoms with E-state index in [0.29, 0.717) is 0 Å². The van der Waals surface area contributed by atoms with Crippen molar-refractivity contribution in [2.45, 2.75) is 13.8 Å². The molecule has 0 spiro atoms. The van der Waals surface area contributed by atoms with Crippen molar-refractivity contribution in [3.8, 4) is 5.75 Å². The SMILES string of the molecule is C=C/C(=C\C)c1ccc(C(C)=NC)c(OC)c1.